The normalized spacial score (nSPS) is 19.4. The molecular weight excluding hydrogens is 228 g/mol. The van der Waals surface area contributed by atoms with Gasteiger partial charge in [0.2, 0.25) is 0 Å². The highest BCUT2D eigenvalue weighted by Gasteiger charge is 2.17. The third-order valence-electron chi connectivity index (χ3n) is 3.55. The standard InChI is InChI=1S/C14H28N2O2/c1-3-4-10-16(11-6-8-14(17)18-2)12-13-7-5-9-15-13/h13,15H,3-12H2,1-2H3. The summed E-state index contributed by atoms with van der Waals surface area (Å²) < 4.78 is 4.68. The molecule has 0 radical (unpaired) electrons. The number of methoxy groups -OCH3 is 1. The van der Waals surface area contributed by atoms with Crippen molar-refractivity contribution in [2.24, 2.45) is 0 Å². The van der Waals surface area contributed by atoms with Crippen molar-refractivity contribution >= 4 is 5.97 Å². The number of carbonyl (C=O) groups excluding carboxylic acids is 1. The Kier molecular flexibility index (Phi) is 8.01. The van der Waals surface area contributed by atoms with Crippen LogP contribution >= 0.6 is 0 Å². The van der Waals surface area contributed by atoms with E-state index >= 15 is 0 Å². The van der Waals surface area contributed by atoms with E-state index in [2.05, 4.69) is 21.9 Å². The van der Waals surface area contributed by atoms with E-state index < -0.39 is 0 Å². The van der Waals surface area contributed by atoms with Crippen molar-refractivity contribution in [2.75, 3.05) is 33.3 Å². The largest absolute Gasteiger partial charge is 0.469 e. The van der Waals surface area contributed by atoms with Gasteiger partial charge in [0.1, 0.15) is 0 Å². The molecule has 1 aliphatic heterocycles. The van der Waals surface area contributed by atoms with Crippen molar-refractivity contribution in [3.63, 3.8) is 0 Å². The molecule has 1 N–H and O–H groups in total. The first-order valence-electron chi connectivity index (χ1n) is 7.28. The number of hydrogen-bond donors (Lipinski definition) is 1. The molecule has 1 saturated heterocycles. The molecule has 1 aliphatic rings. The van der Waals surface area contributed by atoms with Crippen molar-refractivity contribution < 1.29 is 9.53 Å². The molecule has 1 fully saturated rings. The third kappa shape index (κ3) is 6.36. The fourth-order valence-corrected chi connectivity index (χ4v) is 2.45. The molecule has 18 heavy (non-hydrogen) atoms. The molecule has 4 heteroatoms. The van der Waals surface area contributed by atoms with Crippen LogP contribution in [0.25, 0.3) is 0 Å². The van der Waals surface area contributed by atoms with Crippen LogP contribution in [0.1, 0.15) is 45.4 Å². The van der Waals surface area contributed by atoms with Gasteiger partial charge in [-0.25, -0.2) is 0 Å². The predicted molar refractivity (Wildman–Crippen MR) is 73.6 cm³/mol. The average Bonchev–Trinajstić information content (AvgIpc) is 2.88. The van der Waals surface area contributed by atoms with Crippen LogP contribution in [0.3, 0.4) is 0 Å². The molecule has 0 bridgehead atoms. The highest BCUT2D eigenvalue weighted by Crippen LogP contribution is 2.09. The van der Waals surface area contributed by atoms with Crippen molar-refractivity contribution in [1.82, 2.24) is 10.2 Å². The summed E-state index contributed by atoms with van der Waals surface area (Å²) in [5.41, 5.74) is 0. The summed E-state index contributed by atoms with van der Waals surface area (Å²) in [7, 11) is 1.46. The maximum atomic E-state index is 11.1. The van der Waals surface area contributed by atoms with Gasteiger partial charge in [0.25, 0.3) is 0 Å². The van der Waals surface area contributed by atoms with Gasteiger partial charge in [0.15, 0.2) is 0 Å². The van der Waals surface area contributed by atoms with E-state index in [1.54, 1.807) is 0 Å². The fourth-order valence-electron chi connectivity index (χ4n) is 2.45. The Hall–Kier alpha value is -0.610. The Balaban J connectivity index is 2.22. The summed E-state index contributed by atoms with van der Waals surface area (Å²) in [6, 6.07) is 0.653. The summed E-state index contributed by atoms with van der Waals surface area (Å²) >= 11 is 0. The fraction of sp³-hybridized carbons (Fsp3) is 0.929. The van der Waals surface area contributed by atoms with Gasteiger partial charge in [0.05, 0.1) is 7.11 Å². The van der Waals surface area contributed by atoms with Crippen molar-refractivity contribution in [2.45, 2.75) is 51.5 Å². The van der Waals surface area contributed by atoms with Crippen LogP contribution < -0.4 is 5.32 Å². The minimum atomic E-state index is -0.0931. The number of rotatable bonds is 9. The maximum Gasteiger partial charge on any atom is 0.305 e. The molecule has 4 nitrogen and oxygen atoms in total. The predicted octanol–water partition coefficient (Wildman–Crippen LogP) is 1.79. The van der Waals surface area contributed by atoms with Crippen LogP contribution in [-0.4, -0.2) is 50.2 Å². The van der Waals surface area contributed by atoms with E-state index in [1.165, 1.54) is 32.8 Å². The molecule has 0 aromatic carbocycles. The zero-order chi connectivity index (χ0) is 13.2. The number of nitrogens with zero attached hydrogens (tertiary/aromatic N) is 1. The number of carbonyl (C=O) groups is 1. The molecule has 0 aliphatic carbocycles. The first-order valence-corrected chi connectivity index (χ1v) is 7.28. The van der Waals surface area contributed by atoms with Crippen molar-refractivity contribution in [1.29, 1.82) is 0 Å². The third-order valence-corrected chi connectivity index (χ3v) is 3.55. The molecule has 1 rings (SSSR count). The topological polar surface area (TPSA) is 41.6 Å². The molecule has 1 heterocycles. The molecule has 1 unspecified atom stereocenters. The lowest BCUT2D eigenvalue weighted by atomic mass is 10.2. The monoisotopic (exact) mass is 256 g/mol. The molecule has 0 aromatic rings. The van der Waals surface area contributed by atoms with Gasteiger partial charge in [-0.3, -0.25) is 4.79 Å². The van der Waals surface area contributed by atoms with Crippen molar-refractivity contribution in [3.05, 3.63) is 0 Å². The Morgan fingerprint density at radius 3 is 2.78 bits per heavy atom. The molecule has 1 atom stereocenters. The summed E-state index contributed by atoms with van der Waals surface area (Å²) in [5, 5.41) is 3.54. The van der Waals surface area contributed by atoms with Crippen LogP contribution in [0.5, 0.6) is 0 Å². The van der Waals surface area contributed by atoms with Gasteiger partial charge in [-0.1, -0.05) is 13.3 Å². The van der Waals surface area contributed by atoms with Crippen LogP contribution in [0.4, 0.5) is 0 Å². The van der Waals surface area contributed by atoms with E-state index in [0.29, 0.717) is 12.5 Å². The Morgan fingerprint density at radius 1 is 1.39 bits per heavy atom. The second kappa shape index (κ2) is 9.34. The van der Waals surface area contributed by atoms with Crippen LogP contribution in [0, 0.1) is 0 Å². The minimum absolute atomic E-state index is 0.0931. The molecule has 0 saturated carbocycles. The summed E-state index contributed by atoms with van der Waals surface area (Å²) in [6.45, 7) is 6.67. The minimum Gasteiger partial charge on any atom is -0.469 e. The van der Waals surface area contributed by atoms with Crippen LogP contribution in [0.2, 0.25) is 0 Å². The first-order chi connectivity index (χ1) is 8.76. The number of ether oxygens (including phenoxy) is 1. The summed E-state index contributed by atoms with van der Waals surface area (Å²) in [5.74, 6) is -0.0931. The lowest BCUT2D eigenvalue weighted by Crippen LogP contribution is -2.38. The molecule has 0 spiro atoms. The van der Waals surface area contributed by atoms with E-state index in [0.717, 1.165) is 32.6 Å². The lowest BCUT2D eigenvalue weighted by Gasteiger charge is -2.25. The van der Waals surface area contributed by atoms with Gasteiger partial charge in [-0.2, -0.15) is 0 Å². The van der Waals surface area contributed by atoms with Gasteiger partial charge >= 0.3 is 5.97 Å². The summed E-state index contributed by atoms with van der Waals surface area (Å²) in [6.07, 6.45) is 6.50. The quantitative estimate of drug-likeness (QED) is 0.639. The second-order valence-electron chi connectivity index (χ2n) is 5.13. The SMILES string of the molecule is CCCCN(CCCC(=O)OC)CC1CCCN1. The number of nitrogens with one attached hydrogen (secondary N) is 1. The van der Waals surface area contributed by atoms with Crippen molar-refractivity contribution in [3.8, 4) is 0 Å². The Morgan fingerprint density at radius 2 is 2.17 bits per heavy atom. The Labute approximate surface area is 111 Å². The number of esters is 1. The number of hydrogen-bond acceptors (Lipinski definition) is 4. The zero-order valence-corrected chi connectivity index (χ0v) is 11.9. The molecular formula is C14H28N2O2. The molecule has 0 aromatic heterocycles. The Bertz CT molecular complexity index is 228. The zero-order valence-electron chi connectivity index (χ0n) is 11.9. The van der Waals surface area contributed by atoms with E-state index in [9.17, 15) is 4.79 Å². The number of unbranched alkanes of at least 4 members (excludes halogenated alkanes) is 1. The second-order valence-corrected chi connectivity index (χ2v) is 5.13. The first kappa shape index (κ1) is 15.4. The van der Waals surface area contributed by atoms with Gasteiger partial charge < -0.3 is 15.0 Å². The van der Waals surface area contributed by atoms with Gasteiger partial charge in [0, 0.05) is 19.0 Å². The summed E-state index contributed by atoms with van der Waals surface area (Å²) in [4.78, 5) is 13.6. The van der Waals surface area contributed by atoms with Crippen LogP contribution in [-0.2, 0) is 9.53 Å². The van der Waals surface area contributed by atoms with E-state index in [-0.39, 0.29) is 5.97 Å². The molecule has 106 valence electrons. The average molecular weight is 256 g/mol. The molecule has 0 amide bonds. The lowest BCUT2D eigenvalue weighted by molar-refractivity contribution is -0.140. The highest BCUT2D eigenvalue weighted by molar-refractivity contribution is 5.69. The van der Waals surface area contributed by atoms with E-state index in [4.69, 9.17) is 0 Å². The highest BCUT2D eigenvalue weighted by atomic mass is 16.5. The van der Waals surface area contributed by atoms with Crippen LogP contribution in [0.15, 0.2) is 0 Å². The van der Waals surface area contributed by atoms with Gasteiger partial charge in [-0.05, 0) is 45.3 Å². The van der Waals surface area contributed by atoms with Gasteiger partial charge in [-0.15, -0.1) is 0 Å². The smallest absolute Gasteiger partial charge is 0.305 e. The van der Waals surface area contributed by atoms with E-state index in [1.807, 2.05) is 0 Å². The maximum absolute atomic E-state index is 11.1.